The van der Waals surface area contributed by atoms with E-state index in [1.165, 1.54) is 0 Å². The van der Waals surface area contributed by atoms with Crippen molar-refractivity contribution in [2.45, 2.75) is 12.5 Å². The molecular weight excluding hydrogens is 438 g/mol. The lowest BCUT2D eigenvalue weighted by Crippen LogP contribution is -2.46. The topological polar surface area (TPSA) is 54.5 Å². The Morgan fingerprint density at radius 3 is 2.04 bits per heavy atom. The summed E-state index contributed by atoms with van der Waals surface area (Å²) in [7, 11) is 0. The Morgan fingerprint density at radius 1 is 0.958 bits per heavy atom. The standard InChI is InChI=1S/C18H13Br2NO3/c19-10-16(22)15(9-11-5-1-4-8-14(11)20)21-17(23)12-6-2-3-7-13(12)18(21)24/h1-8,15H,9-10H2. The highest BCUT2D eigenvalue weighted by molar-refractivity contribution is 9.10. The van der Waals surface area contributed by atoms with E-state index in [0.717, 1.165) is 14.9 Å². The summed E-state index contributed by atoms with van der Waals surface area (Å²) < 4.78 is 0.842. The van der Waals surface area contributed by atoms with E-state index in [9.17, 15) is 14.4 Å². The highest BCUT2D eigenvalue weighted by Crippen LogP contribution is 2.28. The zero-order chi connectivity index (χ0) is 17.3. The molecule has 6 heteroatoms. The number of alkyl halides is 1. The Kier molecular flexibility index (Phi) is 4.96. The molecule has 0 spiro atoms. The zero-order valence-electron chi connectivity index (χ0n) is 12.5. The third-order valence-corrected chi connectivity index (χ3v) is 5.34. The van der Waals surface area contributed by atoms with Gasteiger partial charge in [0.15, 0.2) is 5.78 Å². The molecule has 1 aliphatic heterocycles. The number of carbonyl (C=O) groups is 3. The van der Waals surface area contributed by atoms with Gasteiger partial charge in [-0.25, -0.2) is 0 Å². The number of rotatable bonds is 5. The van der Waals surface area contributed by atoms with E-state index in [0.29, 0.717) is 11.1 Å². The minimum Gasteiger partial charge on any atom is -0.296 e. The quantitative estimate of drug-likeness (QED) is 0.516. The Balaban J connectivity index is 1.99. The van der Waals surface area contributed by atoms with Gasteiger partial charge in [0.05, 0.1) is 16.5 Å². The lowest BCUT2D eigenvalue weighted by Gasteiger charge is -2.25. The van der Waals surface area contributed by atoms with Gasteiger partial charge < -0.3 is 0 Å². The van der Waals surface area contributed by atoms with Crippen molar-refractivity contribution >= 4 is 49.5 Å². The number of hydrogen-bond acceptors (Lipinski definition) is 3. The second-order valence-electron chi connectivity index (χ2n) is 5.44. The number of benzene rings is 2. The molecule has 4 nitrogen and oxygen atoms in total. The summed E-state index contributed by atoms with van der Waals surface area (Å²) in [5.41, 5.74) is 1.57. The summed E-state index contributed by atoms with van der Waals surface area (Å²) in [6.07, 6.45) is 0.275. The molecule has 0 radical (unpaired) electrons. The third-order valence-electron chi connectivity index (χ3n) is 4.01. The maximum atomic E-state index is 12.7. The van der Waals surface area contributed by atoms with Crippen LogP contribution in [0.4, 0.5) is 0 Å². The minimum atomic E-state index is -0.838. The average molecular weight is 451 g/mol. The van der Waals surface area contributed by atoms with E-state index < -0.39 is 17.9 Å². The average Bonchev–Trinajstić information content (AvgIpc) is 2.85. The van der Waals surface area contributed by atoms with Crippen molar-refractivity contribution in [3.63, 3.8) is 0 Å². The van der Waals surface area contributed by atoms with Crippen LogP contribution in [-0.2, 0) is 11.2 Å². The number of fused-ring (bicyclic) bond motifs is 1. The van der Waals surface area contributed by atoms with E-state index >= 15 is 0 Å². The van der Waals surface area contributed by atoms with Crippen molar-refractivity contribution in [2.24, 2.45) is 0 Å². The van der Waals surface area contributed by atoms with Gasteiger partial charge in [0, 0.05) is 10.9 Å². The van der Waals surface area contributed by atoms with Crippen molar-refractivity contribution in [1.82, 2.24) is 4.90 Å². The van der Waals surface area contributed by atoms with E-state index in [-0.39, 0.29) is 17.5 Å². The molecular formula is C18H13Br2NO3. The van der Waals surface area contributed by atoms with Crippen LogP contribution >= 0.6 is 31.9 Å². The molecule has 0 aliphatic carbocycles. The minimum absolute atomic E-state index is 0.0789. The monoisotopic (exact) mass is 449 g/mol. The van der Waals surface area contributed by atoms with Crippen molar-refractivity contribution < 1.29 is 14.4 Å². The maximum Gasteiger partial charge on any atom is 0.262 e. The van der Waals surface area contributed by atoms with Gasteiger partial charge in [-0.2, -0.15) is 0 Å². The molecule has 2 aromatic rings. The number of nitrogens with zero attached hydrogens (tertiary/aromatic N) is 1. The summed E-state index contributed by atoms with van der Waals surface area (Å²) in [6.45, 7) is 0. The molecule has 2 aromatic carbocycles. The van der Waals surface area contributed by atoms with E-state index in [2.05, 4.69) is 31.9 Å². The van der Waals surface area contributed by atoms with Gasteiger partial charge in [-0.05, 0) is 23.8 Å². The highest BCUT2D eigenvalue weighted by Gasteiger charge is 2.42. The molecule has 1 atom stereocenters. The first-order chi connectivity index (χ1) is 11.5. The first kappa shape index (κ1) is 17.0. The van der Waals surface area contributed by atoms with Gasteiger partial charge in [-0.15, -0.1) is 0 Å². The first-order valence-electron chi connectivity index (χ1n) is 7.33. The molecule has 1 unspecified atom stereocenters. The number of amides is 2. The summed E-state index contributed by atoms with van der Waals surface area (Å²) in [5.74, 6) is -1.04. The van der Waals surface area contributed by atoms with Crippen molar-refractivity contribution in [2.75, 3.05) is 5.33 Å². The van der Waals surface area contributed by atoms with Crippen LogP contribution in [0.1, 0.15) is 26.3 Å². The van der Waals surface area contributed by atoms with Crippen LogP contribution in [0.25, 0.3) is 0 Å². The van der Waals surface area contributed by atoms with Crippen LogP contribution in [0.5, 0.6) is 0 Å². The predicted molar refractivity (Wildman–Crippen MR) is 97.4 cm³/mol. The molecule has 0 saturated heterocycles. The van der Waals surface area contributed by atoms with Gasteiger partial charge in [0.1, 0.15) is 6.04 Å². The molecule has 1 heterocycles. The Bertz CT molecular complexity index is 800. The van der Waals surface area contributed by atoms with Crippen LogP contribution in [0.2, 0.25) is 0 Å². The third kappa shape index (κ3) is 2.96. The number of carbonyl (C=O) groups excluding carboxylic acids is 3. The second-order valence-corrected chi connectivity index (χ2v) is 6.85. The largest absolute Gasteiger partial charge is 0.296 e. The molecule has 0 bridgehead atoms. The Hall–Kier alpha value is -1.79. The molecule has 2 amide bonds. The second kappa shape index (κ2) is 6.99. The van der Waals surface area contributed by atoms with E-state index in [1.807, 2.05) is 24.3 Å². The fourth-order valence-corrected chi connectivity index (χ4v) is 3.62. The van der Waals surface area contributed by atoms with Gasteiger partial charge >= 0.3 is 0 Å². The number of hydrogen-bond donors (Lipinski definition) is 0. The van der Waals surface area contributed by atoms with Crippen LogP contribution in [0.3, 0.4) is 0 Å². The molecule has 0 aromatic heterocycles. The molecule has 1 aliphatic rings. The molecule has 3 rings (SSSR count). The predicted octanol–water partition coefficient (Wildman–Crippen LogP) is 3.62. The van der Waals surface area contributed by atoms with Crippen LogP contribution in [0, 0.1) is 0 Å². The van der Waals surface area contributed by atoms with Gasteiger partial charge in [-0.3, -0.25) is 19.3 Å². The molecule has 0 fully saturated rings. The number of imide groups is 1. The molecule has 122 valence electrons. The lowest BCUT2D eigenvalue weighted by molar-refractivity contribution is -0.120. The normalized spacial score (nSPS) is 14.7. The van der Waals surface area contributed by atoms with Gasteiger partial charge in [0.25, 0.3) is 11.8 Å². The summed E-state index contributed by atoms with van der Waals surface area (Å²) in [5, 5.41) is 0.0789. The molecule has 0 N–H and O–H groups in total. The van der Waals surface area contributed by atoms with Gasteiger partial charge in [0.2, 0.25) is 0 Å². The van der Waals surface area contributed by atoms with E-state index in [1.54, 1.807) is 24.3 Å². The summed E-state index contributed by atoms with van der Waals surface area (Å²) in [4.78, 5) is 38.9. The van der Waals surface area contributed by atoms with Crippen LogP contribution in [-0.4, -0.2) is 33.9 Å². The maximum absolute atomic E-state index is 12.7. The summed E-state index contributed by atoms with van der Waals surface area (Å²) in [6, 6.07) is 13.3. The highest BCUT2D eigenvalue weighted by atomic mass is 79.9. The zero-order valence-corrected chi connectivity index (χ0v) is 15.7. The summed E-state index contributed by atoms with van der Waals surface area (Å²) >= 11 is 6.61. The van der Waals surface area contributed by atoms with Crippen molar-refractivity contribution in [1.29, 1.82) is 0 Å². The number of halogens is 2. The molecule has 0 saturated carbocycles. The van der Waals surface area contributed by atoms with Gasteiger partial charge in [-0.1, -0.05) is 62.2 Å². The Labute approximate surface area is 156 Å². The fourth-order valence-electron chi connectivity index (χ4n) is 2.80. The first-order valence-corrected chi connectivity index (χ1v) is 9.25. The number of Topliss-reactive ketones (excluding diaryl/α,β-unsaturated/α-hetero) is 1. The smallest absolute Gasteiger partial charge is 0.262 e. The van der Waals surface area contributed by atoms with Crippen LogP contribution in [0.15, 0.2) is 53.0 Å². The lowest BCUT2D eigenvalue weighted by atomic mass is 10.0. The molecule has 24 heavy (non-hydrogen) atoms. The number of ketones is 1. The van der Waals surface area contributed by atoms with E-state index in [4.69, 9.17) is 0 Å². The fraction of sp³-hybridized carbons (Fsp3) is 0.167. The van der Waals surface area contributed by atoms with Crippen molar-refractivity contribution in [3.05, 3.63) is 69.7 Å². The van der Waals surface area contributed by atoms with Crippen molar-refractivity contribution in [3.8, 4) is 0 Å². The Morgan fingerprint density at radius 2 is 1.50 bits per heavy atom. The van der Waals surface area contributed by atoms with Crippen LogP contribution < -0.4 is 0 Å². The SMILES string of the molecule is O=C(CBr)C(Cc1ccccc1Br)N1C(=O)c2ccccc2C1=O.